The molecule has 0 bridgehead atoms. The molecule has 1 N–H and O–H groups in total. The first-order valence-corrected chi connectivity index (χ1v) is 5.92. The van der Waals surface area contributed by atoms with Gasteiger partial charge in [-0.05, 0) is 20.8 Å². The van der Waals surface area contributed by atoms with Crippen LogP contribution in [0.2, 0.25) is 0 Å². The van der Waals surface area contributed by atoms with Gasteiger partial charge in [-0.3, -0.25) is 9.58 Å². The van der Waals surface area contributed by atoms with Gasteiger partial charge in [-0.25, -0.2) is 4.79 Å². The van der Waals surface area contributed by atoms with E-state index in [1.54, 1.807) is 7.11 Å². The molecule has 0 fully saturated rings. The van der Waals surface area contributed by atoms with Crippen LogP contribution in [0.25, 0.3) is 0 Å². The minimum absolute atomic E-state index is 0.101. The summed E-state index contributed by atoms with van der Waals surface area (Å²) < 4.78 is 7.00. The fourth-order valence-corrected chi connectivity index (χ4v) is 2.15. The molecule has 1 atom stereocenters. The van der Waals surface area contributed by atoms with Gasteiger partial charge in [0.2, 0.25) is 0 Å². The number of carboxylic acid groups (broad SMARTS) is 1. The van der Waals surface area contributed by atoms with Crippen molar-refractivity contribution in [3.8, 4) is 0 Å². The second-order valence-corrected chi connectivity index (χ2v) is 5.53. The molecule has 1 aromatic heterocycles. The Bertz CT molecular complexity index is 462. The van der Waals surface area contributed by atoms with Crippen LogP contribution < -0.4 is 0 Å². The van der Waals surface area contributed by atoms with Gasteiger partial charge in [0.25, 0.3) is 0 Å². The van der Waals surface area contributed by atoms with Crippen LogP contribution in [0.5, 0.6) is 0 Å². The monoisotopic (exact) mass is 253 g/mol. The van der Waals surface area contributed by atoms with Gasteiger partial charge in [0.15, 0.2) is 0 Å². The number of amides is 1. The number of aromatic nitrogens is 2. The zero-order valence-corrected chi connectivity index (χ0v) is 11.2. The maximum absolute atomic E-state index is 11.2. The first kappa shape index (κ1) is 12.9. The lowest BCUT2D eigenvalue weighted by Crippen LogP contribution is -2.31. The number of methoxy groups -OCH3 is 1. The van der Waals surface area contributed by atoms with E-state index >= 15 is 0 Å². The highest BCUT2D eigenvalue weighted by molar-refractivity contribution is 5.67. The average molecular weight is 253 g/mol. The molecule has 0 aromatic carbocycles. The lowest BCUT2D eigenvalue weighted by molar-refractivity contribution is 0.0847. The first-order valence-electron chi connectivity index (χ1n) is 5.92. The largest absolute Gasteiger partial charge is 0.465 e. The summed E-state index contributed by atoms with van der Waals surface area (Å²) in [6.45, 7) is 6.89. The second kappa shape index (κ2) is 4.28. The number of hydrogen-bond donors (Lipinski definition) is 1. The van der Waals surface area contributed by atoms with E-state index in [9.17, 15) is 4.79 Å². The summed E-state index contributed by atoms with van der Waals surface area (Å²) >= 11 is 0. The van der Waals surface area contributed by atoms with Gasteiger partial charge in [0, 0.05) is 18.9 Å². The molecule has 1 aliphatic heterocycles. The minimum atomic E-state index is -0.933. The van der Waals surface area contributed by atoms with Crippen molar-refractivity contribution < 1.29 is 14.6 Å². The van der Waals surface area contributed by atoms with E-state index in [1.165, 1.54) is 4.90 Å². The van der Waals surface area contributed by atoms with Crippen molar-refractivity contribution >= 4 is 6.09 Å². The van der Waals surface area contributed by atoms with Crippen molar-refractivity contribution in [3.63, 3.8) is 0 Å². The van der Waals surface area contributed by atoms with Crippen LogP contribution in [0, 0.1) is 0 Å². The van der Waals surface area contributed by atoms with Crippen LogP contribution in [0.4, 0.5) is 4.79 Å². The smallest absolute Gasteiger partial charge is 0.408 e. The molecular weight excluding hydrogens is 234 g/mol. The molecule has 0 saturated carbocycles. The van der Waals surface area contributed by atoms with E-state index in [4.69, 9.17) is 9.84 Å². The Morgan fingerprint density at radius 1 is 1.61 bits per heavy atom. The summed E-state index contributed by atoms with van der Waals surface area (Å²) in [6, 6.07) is -0.251. The summed E-state index contributed by atoms with van der Waals surface area (Å²) in [5, 5.41) is 13.6. The Morgan fingerprint density at radius 3 is 2.78 bits per heavy atom. The predicted molar refractivity (Wildman–Crippen MR) is 65.4 cm³/mol. The van der Waals surface area contributed by atoms with Gasteiger partial charge < -0.3 is 9.84 Å². The highest BCUT2D eigenvalue weighted by Crippen LogP contribution is 2.34. The predicted octanol–water partition coefficient (Wildman–Crippen LogP) is 1.82. The van der Waals surface area contributed by atoms with E-state index in [2.05, 4.69) is 25.9 Å². The molecule has 100 valence electrons. The SMILES string of the molecule is COCC1c2cn(C(C)(C)C)nc2CN1C(=O)O. The van der Waals surface area contributed by atoms with Crippen molar-refractivity contribution in [2.24, 2.45) is 0 Å². The van der Waals surface area contributed by atoms with Crippen LogP contribution in [0.1, 0.15) is 38.1 Å². The molecule has 0 radical (unpaired) electrons. The molecule has 2 heterocycles. The molecular formula is C12H19N3O3. The highest BCUT2D eigenvalue weighted by atomic mass is 16.5. The fourth-order valence-electron chi connectivity index (χ4n) is 2.15. The highest BCUT2D eigenvalue weighted by Gasteiger charge is 2.37. The average Bonchev–Trinajstić information content (AvgIpc) is 2.76. The van der Waals surface area contributed by atoms with Crippen LogP contribution in [-0.2, 0) is 16.8 Å². The summed E-state index contributed by atoms with van der Waals surface area (Å²) in [6.07, 6.45) is 0.999. The molecule has 6 heteroatoms. The van der Waals surface area contributed by atoms with Gasteiger partial charge in [-0.1, -0.05) is 0 Å². The van der Waals surface area contributed by atoms with E-state index in [1.807, 2.05) is 10.9 Å². The van der Waals surface area contributed by atoms with Crippen molar-refractivity contribution in [2.45, 2.75) is 38.9 Å². The fraction of sp³-hybridized carbons (Fsp3) is 0.667. The molecule has 1 amide bonds. The van der Waals surface area contributed by atoms with Gasteiger partial charge in [-0.2, -0.15) is 5.10 Å². The molecule has 18 heavy (non-hydrogen) atoms. The first-order chi connectivity index (χ1) is 8.34. The molecule has 1 aliphatic rings. The second-order valence-electron chi connectivity index (χ2n) is 5.53. The molecule has 1 unspecified atom stereocenters. The number of nitrogens with zero attached hydrogens (tertiary/aromatic N) is 3. The van der Waals surface area contributed by atoms with Gasteiger partial charge >= 0.3 is 6.09 Å². The van der Waals surface area contributed by atoms with Gasteiger partial charge in [0.1, 0.15) is 0 Å². The van der Waals surface area contributed by atoms with Crippen LogP contribution in [0.3, 0.4) is 0 Å². The van der Waals surface area contributed by atoms with E-state index in [0.717, 1.165) is 11.3 Å². The van der Waals surface area contributed by atoms with Crippen LogP contribution >= 0.6 is 0 Å². The summed E-state index contributed by atoms with van der Waals surface area (Å²) in [5.74, 6) is 0. The van der Waals surface area contributed by atoms with Gasteiger partial charge in [-0.15, -0.1) is 0 Å². The lowest BCUT2D eigenvalue weighted by atomic mass is 10.1. The molecule has 0 spiro atoms. The Morgan fingerprint density at radius 2 is 2.28 bits per heavy atom. The van der Waals surface area contributed by atoms with E-state index < -0.39 is 6.09 Å². The lowest BCUT2D eigenvalue weighted by Gasteiger charge is -2.23. The Labute approximate surface area is 106 Å². The third kappa shape index (κ3) is 2.08. The van der Waals surface area contributed by atoms with Crippen molar-refractivity contribution in [1.29, 1.82) is 0 Å². The zero-order chi connectivity index (χ0) is 13.5. The molecule has 2 rings (SSSR count). The maximum Gasteiger partial charge on any atom is 0.408 e. The number of ether oxygens (including phenoxy) is 1. The van der Waals surface area contributed by atoms with Crippen molar-refractivity contribution in [3.05, 3.63) is 17.5 Å². The standard InChI is InChI=1S/C12H19N3O3/c1-12(2,3)15-5-8-9(13-15)6-14(11(16)17)10(8)7-18-4/h5,10H,6-7H2,1-4H3,(H,16,17). The zero-order valence-electron chi connectivity index (χ0n) is 11.2. The number of rotatable bonds is 2. The molecule has 0 aliphatic carbocycles. The van der Waals surface area contributed by atoms with Crippen LogP contribution in [0.15, 0.2) is 6.20 Å². The summed E-state index contributed by atoms with van der Waals surface area (Å²) in [7, 11) is 1.58. The summed E-state index contributed by atoms with van der Waals surface area (Å²) in [4.78, 5) is 12.5. The Kier molecular flexibility index (Phi) is 3.06. The third-order valence-corrected chi connectivity index (χ3v) is 3.14. The number of fused-ring (bicyclic) bond motifs is 1. The normalized spacial score (nSPS) is 19.1. The molecule has 0 saturated heterocycles. The quantitative estimate of drug-likeness (QED) is 0.873. The minimum Gasteiger partial charge on any atom is -0.465 e. The summed E-state index contributed by atoms with van der Waals surface area (Å²) in [5.41, 5.74) is 1.68. The Balaban J connectivity index is 2.34. The van der Waals surface area contributed by atoms with Crippen LogP contribution in [-0.4, -0.2) is 39.6 Å². The van der Waals surface area contributed by atoms with Gasteiger partial charge in [0.05, 0.1) is 30.4 Å². The molecule has 6 nitrogen and oxygen atoms in total. The Hall–Kier alpha value is -1.56. The van der Waals surface area contributed by atoms with Crippen molar-refractivity contribution in [2.75, 3.05) is 13.7 Å². The maximum atomic E-state index is 11.2. The number of hydrogen-bond acceptors (Lipinski definition) is 3. The molecule has 1 aromatic rings. The van der Waals surface area contributed by atoms with E-state index in [0.29, 0.717) is 13.2 Å². The van der Waals surface area contributed by atoms with Crippen molar-refractivity contribution in [1.82, 2.24) is 14.7 Å². The third-order valence-electron chi connectivity index (χ3n) is 3.14. The topological polar surface area (TPSA) is 67.6 Å². The number of carbonyl (C=O) groups is 1. The van der Waals surface area contributed by atoms with E-state index in [-0.39, 0.29) is 11.6 Å².